The number of fused-ring (bicyclic) bond motifs is 7. The van der Waals surface area contributed by atoms with Crippen LogP contribution in [0.25, 0.3) is 88.0 Å². The summed E-state index contributed by atoms with van der Waals surface area (Å²) >= 11 is 0. The fourth-order valence-corrected chi connectivity index (χ4v) is 6.53. The van der Waals surface area contributed by atoms with Crippen LogP contribution < -0.4 is 0 Å². The first-order valence-corrected chi connectivity index (χ1v) is 14.6. The lowest BCUT2D eigenvalue weighted by molar-refractivity contribution is 0.658. The van der Waals surface area contributed by atoms with Crippen LogP contribution in [0.3, 0.4) is 0 Å². The van der Waals surface area contributed by atoms with Crippen LogP contribution >= 0.6 is 0 Å². The second-order valence-electron chi connectivity index (χ2n) is 11.3. The number of nitrogens with zero attached hydrogens (tertiary/aromatic N) is 1. The Balaban J connectivity index is 1.21. The molecule has 3 nitrogen and oxygen atoms in total. The molecule has 0 fully saturated rings. The second-order valence-corrected chi connectivity index (χ2v) is 11.3. The molecule has 0 spiro atoms. The molecule has 2 aromatic heterocycles. The van der Waals surface area contributed by atoms with Gasteiger partial charge < -0.3 is 8.83 Å². The molecule has 44 heavy (non-hydrogen) atoms. The lowest BCUT2D eigenvalue weighted by Gasteiger charge is -2.10. The summed E-state index contributed by atoms with van der Waals surface area (Å²) in [5, 5.41) is 16.0. The van der Waals surface area contributed by atoms with Crippen molar-refractivity contribution in [3.8, 4) is 39.4 Å². The molecule has 0 amide bonds. The molecule has 7 aromatic carbocycles. The van der Waals surface area contributed by atoms with Crippen molar-refractivity contribution in [2.75, 3.05) is 0 Å². The van der Waals surface area contributed by atoms with E-state index in [2.05, 4.69) is 97.1 Å². The molecule has 0 aliphatic rings. The van der Waals surface area contributed by atoms with Crippen molar-refractivity contribution in [1.29, 1.82) is 5.26 Å². The predicted molar refractivity (Wildman–Crippen MR) is 180 cm³/mol. The maximum atomic E-state index is 9.34. The first-order valence-electron chi connectivity index (χ1n) is 14.6. The van der Waals surface area contributed by atoms with E-state index in [0.717, 1.165) is 88.0 Å². The summed E-state index contributed by atoms with van der Waals surface area (Å²) in [5.41, 5.74) is 10.5. The van der Waals surface area contributed by atoms with Crippen LogP contribution in [0.1, 0.15) is 5.56 Å². The van der Waals surface area contributed by atoms with Crippen molar-refractivity contribution in [1.82, 2.24) is 0 Å². The van der Waals surface area contributed by atoms with Gasteiger partial charge in [0, 0.05) is 21.5 Å². The van der Waals surface area contributed by atoms with Crippen molar-refractivity contribution >= 4 is 54.6 Å². The summed E-state index contributed by atoms with van der Waals surface area (Å²) in [7, 11) is 0. The molecular weight excluding hydrogens is 538 g/mol. The fraction of sp³-hybridized carbons (Fsp3) is 0. The minimum absolute atomic E-state index is 0.660. The Kier molecular flexibility index (Phi) is 5.26. The fourth-order valence-electron chi connectivity index (χ4n) is 6.53. The van der Waals surface area contributed by atoms with Gasteiger partial charge >= 0.3 is 0 Å². The molecule has 0 saturated heterocycles. The number of hydrogen-bond acceptors (Lipinski definition) is 3. The van der Waals surface area contributed by atoms with E-state index in [-0.39, 0.29) is 0 Å². The highest BCUT2D eigenvalue weighted by Gasteiger charge is 2.21. The van der Waals surface area contributed by atoms with Gasteiger partial charge in [0.1, 0.15) is 22.3 Å². The summed E-state index contributed by atoms with van der Waals surface area (Å²) in [6.07, 6.45) is 0. The van der Waals surface area contributed by atoms with Gasteiger partial charge in [-0.2, -0.15) is 5.26 Å². The number of nitriles is 1. The van der Waals surface area contributed by atoms with Gasteiger partial charge in [-0.05, 0) is 87.1 Å². The van der Waals surface area contributed by atoms with Crippen LogP contribution in [0.5, 0.6) is 0 Å². The molecule has 0 saturated carbocycles. The van der Waals surface area contributed by atoms with Crippen LogP contribution in [0.2, 0.25) is 0 Å². The Morgan fingerprint density at radius 1 is 0.409 bits per heavy atom. The summed E-state index contributed by atoms with van der Waals surface area (Å²) in [6.45, 7) is 0. The summed E-state index contributed by atoms with van der Waals surface area (Å²) in [6, 6.07) is 50.3. The third-order valence-corrected chi connectivity index (χ3v) is 8.66. The average molecular weight is 562 g/mol. The number of para-hydroxylation sites is 2. The van der Waals surface area contributed by atoms with Gasteiger partial charge in [-0.25, -0.2) is 0 Å². The molecule has 0 unspecified atom stereocenters. The minimum Gasteiger partial charge on any atom is -0.455 e. The van der Waals surface area contributed by atoms with Crippen molar-refractivity contribution in [2.45, 2.75) is 0 Å². The largest absolute Gasteiger partial charge is 0.455 e. The molecule has 0 radical (unpaired) electrons. The summed E-state index contributed by atoms with van der Waals surface area (Å²) in [4.78, 5) is 0. The zero-order chi connectivity index (χ0) is 29.2. The van der Waals surface area contributed by atoms with Crippen molar-refractivity contribution in [3.05, 3.63) is 145 Å². The molecule has 0 aliphatic heterocycles. The normalized spacial score (nSPS) is 11.6. The van der Waals surface area contributed by atoms with Gasteiger partial charge in [0.2, 0.25) is 0 Å². The van der Waals surface area contributed by atoms with Crippen molar-refractivity contribution < 1.29 is 8.83 Å². The highest BCUT2D eigenvalue weighted by atomic mass is 16.3. The highest BCUT2D eigenvalue weighted by Crippen LogP contribution is 2.45. The quantitative estimate of drug-likeness (QED) is 0.216. The molecule has 204 valence electrons. The minimum atomic E-state index is 0.660. The van der Waals surface area contributed by atoms with E-state index in [4.69, 9.17) is 8.83 Å². The van der Waals surface area contributed by atoms with Crippen LogP contribution in [-0.4, -0.2) is 0 Å². The maximum absolute atomic E-state index is 9.34. The van der Waals surface area contributed by atoms with Gasteiger partial charge in [-0.15, -0.1) is 0 Å². The van der Waals surface area contributed by atoms with Gasteiger partial charge in [0.05, 0.1) is 17.2 Å². The highest BCUT2D eigenvalue weighted by molar-refractivity contribution is 6.22. The Bertz CT molecular complexity index is 2540. The van der Waals surface area contributed by atoms with Gasteiger partial charge in [-0.1, -0.05) is 91.0 Å². The molecular formula is C41H23NO2. The Hall–Kier alpha value is -6.11. The Labute approximate surface area is 252 Å². The third kappa shape index (κ3) is 3.75. The van der Waals surface area contributed by atoms with Crippen LogP contribution in [0.4, 0.5) is 0 Å². The van der Waals surface area contributed by atoms with E-state index >= 15 is 0 Å². The first kappa shape index (κ1) is 24.5. The lowest BCUT2D eigenvalue weighted by Crippen LogP contribution is -1.85. The van der Waals surface area contributed by atoms with E-state index in [1.165, 1.54) is 0 Å². The van der Waals surface area contributed by atoms with E-state index in [9.17, 15) is 5.26 Å². The van der Waals surface area contributed by atoms with E-state index in [1.54, 1.807) is 0 Å². The van der Waals surface area contributed by atoms with E-state index in [0.29, 0.717) is 5.56 Å². The zero-order valence-corrected chi connectivity index (χ0v) is 23.5. The van der Waals surface area contributed by atoms with Gasteiger partial charge in [0.15, 0.2) is 0 Å². The third-order valence-electron chi connectivity index (χ3n) is 8.66. The van der Waals surface area contributed by atoms with Crippen LogP contribution in [-0.2, 0) is 0 Å². The van der Waals surface area contributed by atoms with Crippen LogP contribution in [0.15, 0.2) is 148 Å². The molecule has 0 N–H and O–H groups in total. The monoisotopic (exact) mass is 561 g/mol. The lowest BCUT2D eigenvalue weighted by atomic mass is 9.94. The topological polar surface area (TPSA) is 50.1 Å². The summed E-state index contributed by atoms with van der Waals surface area (Å²) < 4.78 is 13.0. The Morgan fingerprint density at radius 3 is 1.57 bits per heavy atom. The maximum Gasteiger partial charge on any atom is 0.147 e. The summed E-state index contributed by atoms with van der Waals surface area (Å²) in [5.74, 6) is 0. The van der Waals surface area contributed by atoms with E-state index in [1.807, 2.05) is 48.5 Å². The molecule has 0 atom stereocenters. The smallest absolute Gasteiger partial charge is 0.147 e. The molecule has 9 aromatic rings. The van der Waals surface area contributed by atoms with Crippen LogP contribution in [0, 0.1) is 11.3 Å². The van der Waals surface area contributed by atoms with Gasteiger partial charge in [0.25, 0.3) is 0 Å². The number of hydrogen-bond donors (Lipinski definition) is 0. The average Bonchev–Trinajstić information content (AvgIpc) is 3.65. The molecule has 0 aliphatic carbocycles. The first-order chi connectivity index (χ1) is 21.7. The Morgan fingerprint density at radius 2 is 0.932 bits per heavy atom. The van der Waals surface area contributed by atoms with Crippen molar-refractivity contribution in [2.24, 2.45) is 0 Å². The second kappa shape index (κ2) is 9.46. The van der Waals surface area contributed by atoms with Crippen molar-refractivity contribution in [3.63, 3.8) is 0 Å². The molecule has 3 heteroatoms. The SMILES string of the molecule is N#Cc1cccc(-c2cccc(-c3ccc4cc(-c5c6oc7ccccc7c6cc6c5oc5ccccc56)ccc4c3)c2)c1. The molecule has 2 heterocycles. The number of furan rings is 2. The van der Waals surface area contributed by atoms with Gasteiger partial charge in [-0.3, -0.25) is 0 Å². The predicted octanol–water partition coefficient (Wildman–Crippen LogP) is 11.5. The standard InChI is InChI=1S/C41H23NO2/c42-24-25-7-5-8-26(19-25)27-9-6-10-28(20-27)29-15-16-31-22-32(18-17-30(31)21-29)39-40-35(33-11-1-3-13-37(33)43-40)23-36-34-12-2-4-14-38(34)44-41(36)39/h1-23H. The number of benzene rings is 7. The number of rotatable bonds is 3. The molecule has 9 rings (SSSR count). The zero-order valence-electron chi connectivity index (χ0n) is 23.5. The molecule has 0 bridgehead atoms. The van der Waals surface area contributed by atoms with E-state index < -0.39 is 0 Å².